The standard InChI is InChI=1S/C28H48N4O6/c1-14(2)10-20(29-18(8)33)25(35)31-22(12-16(5)6)27(37)32-21(11-15(3)4)26(36)30-19-13-17(7)24-28(9,38-24)23(19)34/h14-17,19-22,24H,10-13H2,1-9H3,(H,29,33)(H,30,36)(H,31,35)(H,32,37). The Morgan fingerprint density at radius 2 is 1.24 bits per heavy atom. The Balaban J connectivity index is 2.15. The number of epoxide rings is 1. The molecule has 1 saturated carbocycles. The molecule has 0 radical (unpaired) electrons. The number of carbonyl (C=O) groups excluding carboxylic acids is 5. The van der Waals surface area contributed by atoms with Gasteiger partial charge in [-0.2, -0.15) is 0 Å². The van der Waals surface area contributed by atoms with E-state index >= 15 is 0 Å². The first-order chi connectivity index (χ1) is 17.5. The number of fused-ring (bicyclic) bond motifs is 1. The summed E-state index contributed by atoms with van der Waals surface area (Å²) < 4.78 is 5.63. The van der Waals surface area contributed by atoms with E-state index in [0.29, 0.717) is 25.7 Å². The third-order valence-corrected chi connectivity index (χ3v) is 7.19. The summed E-state index contributed by atoms with van der Waals surface area (Å²) in [5.74, 6) is -1.34. The number of carbonyl (C=O) groups is 5. The summed E-state index contributed by atoms with van der Waals surface area (Å²) in [4.78, 5) is 64.4. The Kier molecular flexibility index (Phi) is 10.9. The highest BCUT2D eigenvalue weighted by Gasteiger charge is 2.65. The third kappa shape index (κ3) is 8.51. The van der Waals surface area contributed by atoms with Crippen molar-refractivity contribution in [2.24, 2.45) is 23.7 Å². The third-order valence-electron chi connectivity index (χ3n) is 7.19. The van der Waals surface area contributed by atoms with Crippen LogP contribution in [0.5, 0.6) is 0 Å². The van der Waals surface area contributed by atoms with E-state index in [1.807, 2.05) is 48.5 Å². The second-order valence-corrected chi connectivity index (χ2v) is 12.5. The summed E-state index contributed by atoms with van der Waals surface area (Å²) in [5, 5.41) is 11.2. The van der Waals surface area contributed by atoms with Crippen LogP contribution >= 0.6 is 0 Å². The van der Waals surface area contributed by atoms with Gasteiger partial charge in [0, 0.05) is 6.92 Å². The molecule has 10 nitrogen and oxygen atoms in total. The highest BCUT2D eigenvalue weighted by Crippen LogP contribution is 2.48. The second kappa shape index (κ2) is 13.0. The lowest BCUT2D eigenvalue weighted by Crippen LogP contribution is -2.59. The zero-order chi connectivity index (χ0) is 28.9. The van der Waals surface area contributed by atoms with Gasteiger partial charge in [-0.3, -0.25) is 24.0 Å². The molecule has 0 aromatic rings. The largest absolute Gasteiger partial charge is 0.358 e. The quantitative estimate of drug-likeness (QED) is 0.264. The first kappa shape index (κ1) is 31.7. The number of rotatable bonds is 13. The number of ketones is 1. The molecule has 216 valence electrons. The van der Waals surface area contributed by atoms with Gasteiger partial charge in [-0.05, 0) is 56.3 Å². The normalized spacial score (nSPS) is 26.8. The van der Waals surface area contributed by atoms with Gasteiger partial charge in [-0.1, -0.05) is 48.5 Å². The molecule has 1 aliphatic heterocycles. The van der Waals surface area contributed by atoms with E-state index in [4.69, 9.17) is 4.74 Å². The van der Waals surface area contributed by atoms with E-state index in [2.05, 4.69) is 21.3 Å². The molecule has 4 amide bonds. The molecule has 0 spiro atoms. The van der Waals surface area contributed by atoms with Crippen molar-refractivity contribution in [3.63, 3.8) is 0 Å². The molecule has 0 aromatic heterocycles. The lowest BCUT2D eigenvalue weighted by Gasteiger charge is -2.30. The van der Waals surface area contributed by atoms with Crippen molar-refractivity contribution in [2.75, 3.05) is 0 Å². The number of ether oxygens (including phenoxy) is 1. The molecule has 1 aliphatic carbocycles. The lowest BCUT2D eigenvalue weighted by atomic mass is 9.79. The maximum Gasteiger partial charge on any atom is 0.243 e. The molecule has 7 unspecified atom stereocenters. The van der Waals surface area contributed by atoms with E-state index in [1.54, 1.807) is 6.92 Å². The molecule has 7 atom stereocenters. The summed E-state index contributed by atoms with van der Waals surface area (Å²) >= 11 is 0. The molecule has 0 aromatic carbocycles. The van der Waals surface area contributed by atoms with Gasteiger partial charge in [-0.15, -0.1) is 0 Å². The molecular weight excluding hydrogens is 488 g/mol. The van der Waals surface area contributed by atoms with Crippen LogP contribution in [0.2, 0.25) is 0 Å². The van der Waals surface area contributed by atoms with Gasteiger partial charge in [-0.25, -0.2) is 0 Å². The van der Waals surface area contributed by atoms with Crippen molar-refractivity contribution in [1.29, 1.82) is 0 Å². The summed E-state index contributed by atoms with van der Waals surface area (Å²) in [5.41, 5.74) is -0.848. The Morgan fingerprint density at radius 3 is 1.66 bits per heavy atom. The smallest absolute Gasteiger partial charge is 0.243 e. The zero-order valence-electron chi connectivity index (χ0n) is 24.5. The van der Waals surface area contributed by atoms with Crippen molar-refractivity contribution in [1.82, 2.24) is 21.3 Å². The van der Waals surface area contributed by atoms with Gasteiger partial charge >= 0.3 is 0 Å². The number of Topliss-reactive ketones (excluding diaryl/α,β-unsaturated/α-hetero) is 1. The van der Waals surface area contributed by atoms with Gasteiger partial charge < -0.3 is 26.0 Å². The molecule has 2 fully saturated rings. The molecule has 1 saturated heterocycles. The van der Waals surface area contributed by atoms with E-state index in [-0.39, 0.29) is 41.5 Å². The zero-order valence-corrected chi connectivity index (χ0v) is 24.5. The Morgan fingerprint density at radius 1 is 0.816 bits per heavy atom. The highest BCUT2D eigenvalue weighted by molar-refractivity contribution is 5.99. The van der Waals surface area contributed by atoms with E-state index in [9.17, 15) is 24.0 Å². The van der Waals surface area contributed by atoms with Crippen molar-refractivity contribution in [2.45, 2.75) is 124 Å². The minimum absolute atomic E-state index is 0.0846. The van der Waals surface area contributed by atoms with Crippen LogP contribution in [0.4, 0.5) is 0 Å². The Hall–Kier alpha value is -2.49. The fraction of sp³-hybridized carbons (Fsp3) is 0.821. The van der Waals surface area contributed by atoms with Crippen LogP contribution in [0.1, 0.15) is 88.0 Å². The van der Waals surface area contributed by atoms with Gasteiger partial charge in [0.15, 0.2) is 11.4 Å². The molecule has 1 heterocycles. The van der Waals surface area contributed by atoms with E-state index in [0.717, 1.165) is 0 Å². The molecule has 0 bridgehead atoms. The fourth-order valence-corrected chi connectivity index (χ4v) is 5.33. The number of nitrogens with one attached hydrogen (secondary N) is 4. The highest BCUT2D eigenvalue weighted by atomic mass is 16.6. The van der Waals surface area contributed by atoms with E-state index in [1.165, 1.54) is 6.92 Å². The van der Waals surface area contributed by atoms with Crippen molar-refractivity contribution < 1.29 is 28.7 Å². The van der Waals surface area contributed by atoms with Crippen LogP contribution in [-0.2, 0) is 28.7 Å². The van der Waals surface area contributed by atoms with Crippen LogP contribution in [0.15, 0.2) is 0 Å². The summed E-state index contributed by atoms with van der Waals surface area (Å²) in [6.07, 6.45) is 1.54. The molecule has 4 N–H and O–H groups in total. The van der Waals surface area contributed by atoms with Gasteiger partial charge in [0.1, 0.15) is 18.1 Å². The van der Waals surface area contributed by atoms with E-state index < -0.39 is 47.5 Å². The monoisotopic (exact) mass is 536 g/mol. The van der Waals surface area contributed by atoms with Crippen molar-refractivity contribution >= 4 is 29.4 Å². The number of hydrogen-bond donors (Lipinski definition) is 4. The van der Waals surface area contributed by atoms with Crippen molar-refractivity contribution in [3.8, 4) is 0 Å². The molecule has 2 rings (SSSR count). The number of hydrogen-bond acceptors (Lipinski definition) is 6. The predicted octanol–water partition coefficient (Wildman–Crippen LogP) is 1.85. The molecule has 38 heavy (non-hydrogen) atoms. The topological polar surface area (TPSA) is 146 Å². The minimum atomic E-state index is -0.885. The van der Waals surface area contributed by atoms with Gasteiger partial charge in [0.2, 0.25) is 23.6 Å². The molecular formula is C28H48N4O6. The fourth-order valence-electron chi connectivity index (χ4n) is 5.33. The van der Waals surface area contributed by atoms with Crippen LogP contribution in [0.3, 0.4) is 0 Å². The average Bonchev–Trinajstić information content (AvgIpc) is 3.48. The maximum absolute atomic E-state index is 13.4. The minimum Gasteiger partial charge on any atom is -0.358 e. The summed E-state index contributed by atoms with van der Waals surface area (Å²) in [7, 11) is 0. The molecule has 10 heteroatoms. The van der Waals surface area contributed by atoms with Crippen molar-refractivity contribution in [3.05, 3.63) is 0 Å². The maximum atomic E-state index is 13.4. The second-order valence-electron chi connectivity index (χ2n) is 12.5. The number of amides is 4. The SMILES string of the molecule is CC(=O)NC(CC(C)C)C(=O)NC(CC(C)C)C(=O)NC(CC(C)C)C(=O)NC1CC(C)C2OC2(C)C1=O. The Labute approximate surface area is 227 Å². The van der Waals surface area contributed by atoms with Crippen LogP contribution in [0.25, 0.3) is 0 Å². The summed E-state index contributed by atoms with van der Waals surface area (Å²) in [6, 6.07) is -3.19. The lowest BCUT2D eigenvalue weighted by molar-refractivity contribution is -0.135. The average molecular weight is 537 g/mol. The van der Waals surface area contributed by atoms with Crippen LogP contribution < -0.4 is 21.3 Å². The molecule has 2 aliphatic rings. The van der Waals surface area contributed by atoms with Crippen LogP contribution in [0, 0.1) is 23.7 Å². The van der Waals surface area contributed by atoms with Gasteiger partial charge in [0.25, 0.3) is 0 Å². The van der Waals surface area contributed by atoms with Crippen LogP contribution in [-0.4, -0.2) is 65.3 Å². The summed E-state index contributed by atoms with van der Waals surface area (Å²) in [6.45, 7) is 16.8. The first-order valence-electron chi connectivity index (χ1n) is 13.9. The predicted molar refractivity (Wildman–Crippen MR) is 144 cm³/mol. The first-order valence-corrected chi connectivity index (χ1v) is 13.9. The van der Waals surface area contributed by atoms with Gasteiger partial charge in [0.05, 0.1) is 12.1 Å². The Bertz CT molecular complexity index is 904.